The fourth-order valence-electron chi connectivity index (χ4n) is 2.31. The molecule has 1 heterocycles. The smallest absolute Gasteiger partial charge is 0.0814 e. The second-order valence-electron chi connectivity index (χ2n) is 5.23. The Morgan fingerprint density at radius 1 is 1.05 bits per heavy atom. The molecule has 0 radical (unpaired) electrons. The van der Waals surface area contributed by atoms with Gasteiger partial charge in [-0.2, -0.15) is 0 Å². The molecule has 0 N–H and O–H groups in total. The van der Waals surface area contributed by atoms with Crippen molar-refractivity contribution in [1.82, 2.24) is 4.98 Å². The first-order chi connectivity index (χ1) is 9.22. The van der Waals surface area contributed by atoms with E-state index in [0.29, 0.717) is 5.92 Å². The van der Waals surface area contributed by atoms with Crippen LogP contribution >= 0.6 is 11.3 Å². The Hall–Kier alpha value is -1.67. The number of fused-ring (bicyclic) bond motifs is 1. The Labute approximate surface area is 117 Å². The molecule has 2 aromatic carbocycles. The molecule has 96 valence electrons. The van der Waals surface area contributed by atoms with Crippen molar-refractivity contribution in [3.05, 3.63) is 64.7 Å². The lowest BCUT2D eigenvalue weighted by atomic mass is 9.97. The van der Waals surface area contributed by atoms with Gasteiger partial charge >= 0.3 is 0 Å². The van der Waals surface area contributed by atoms with E-state index in [-0.39, 0.29) is 0 Å². The van der Waals surface area contributed by atoms with Crippen LogP contribution in [-0.4, -0.2) is 4.98 Å². The van der Waals surface area contributed by atoms with Crippen molar-refractivity contribution in [3.8, 4) is 0 Å². The predicted octanol–water partition coefficient (Wildman–Crippen LogP) is 5.01. The van der Waals surface area contributed by atoms with Crippen molar-refractivity contribution in [2.75, 3.05) is 0 Å². The molecule has 0 aliphatic rings. The molecule has 0 amide bonds. The van der Waals surface area contributed by atoms with Crippen molar-refractivity contribution in [2.45, 2.75) is 26.2 Å². The van der Waals surface area contributed by atoms with Crippen LogP contribution in [0.2, 0.25) is 0 Å². The van der Waals surface area contributed by atoms with E-state index in [1.54, 1.807) is 11.3 Å². The highest BCUT2D eigenvalue weighted by Crippen LogP contribution is 2.22. The molecule has 2 heteroatoms. The molecule has 0 saturated heterocycles. The van der Waals surface area contributed by atoms with Crippen molar-refractivity contribution in [2.24, 2.45) is 0 Å². The van der Waals surface area contributed by atoms with E-state index in [0.717, 1.165) is 11.9 Å². The summed E-state index contributed by atoms with van der Waals surface area (Å²) in [6.07, 6.45) is 0.980. The van der Waals surface area contributed by atoms with Gasteiger partial charge in [0.15, 0.2) is 0 Å². The Bertz CT molecular complexity index is 697. The first kappa shape index (κ1) is 12.4. The van der Waals surface area contributed by atoms with Crippen LogP contribution in [0.1, 0.15) is 36.5 Å². The van der Waals surface area contributed by atoms with Crippen molar-refractivity contribution < 1.29 is 0 Å². The van der Waals surface area contributed by atoms with Crippen LogP contribution in [0, 0.1) is 0 Å². The van der Waals surface area contributed by atoms with Crippen LogP contribution < -0.4 is 0 Å². The monoisotopic (exact) mass is 267 g/mol. The molecular formula is C17H17NS. The van der Waals surface area contributed by atoms with E-state index >= 15 is 0 Å². The van der Waals surface area contributed by atoms with E-state index in [2.05, 4.69) is 61.3 Å². The predicted molar refractivity (Wildman–Crippen MR) is 83.0 cm³/mol. The first-order valence-corrected chi connectivity index (χ1v) is 7.51. The summed E-state index contributed by atoms with van der Waals surface area (Å²) in [5, 5.41) is 0. The Morgan fingerprint density at radius 3 is 2.74 bits per heavy atom. The fraction of sp³-hybridized carbons (Fsp3) is 0.235. The summed E-state index contributed by atoms with van der Waals surface area (Å²) in [6, 6.07) is 15.5. The van der Waals surface area contributed by atoms with Gasteiger partial charge in [0, 0.05) is 0 Å². The molecule has 3 aromatic rings. The molecule has 0 aliphatic heterocycles. The lowest BCUT2D eigenvalue weighted by Crippen LogP contribution is -1.92. The molecule has 1 nitrogen and oxygen atoms in total. The van der Waals surface area contributed by atoms with Gasteiger partial charge in [-0.3, -0.25) is 0 Å². The standard InChI is InChI=1S/C17H17NS/c1-12(2)15-5-3-4-13(9-15)8-14-6-7-17-16(10-14)18-11-19-17/h3-7,9-12H,8H2,1-2H3. The third-order valence-corrected chi connectivity index (χ3v) is 4.23. The molecule has 0 spiro atoms. The fourth-order valence-corrected chi connectivity index (χ4v) is 2.97. The quantitative estimate of drug-likeness (QED) is 0.650. The van der Waals surface area contributed by atoms with Crippen molar-refractivity contribution in [3.63, 3.8) is 0 Å². The van der Waals surface area contributed by atoms with Gasteiger partial charge in [-0.05, 0) is 41.2 Å². The van der Waals surface area contributed by atoms with E-state index in [1.165, 1.54) is 21.4 Å². The summed E-state index contributed by atoms with van der Waals surface area (Å²) >= 11 is 1.70. The number of hydrogen-bond donors (Lipinski definition) is 0. The number of nitrogens with zero attached hydrogens (tertiary/aromatic N) is 1. The third-order valence-electron chi connectivity index (χ3n) is 3.42. The SMILES string of the molecule is CC(C)c1cccc(Cc2ccc3scnc3c2)c1. The number of benzene rings is 2. The normalized spacial score (nSPS) is 11.3. The summed E-state index contributed by atoms with van der Waals surface area (Å²) < 4.78 is 1.26. The Morgan fingerprint density at radius 2 is 1.89 bits per heavy atom. The first-order valence-electron chi connectivity index (χ1n) is 6.63. The average Bonchev–Trinajstić information content (AvgIpc) is 2.86. The maximum absolute atomic E-state index is 4.39. The summed E-state index contributed by atoms with van der Waals surface area (Å²) in [4.78, 5) is 4.39. The van der Waals surface area contributed by atoms with Crippen LogP contribution in [-0.2, 0) is 6.42 Å². The molecule has 0 fully saturated rings. The van der Waals surface area contributed by atoms with Crippen molar-refractivity contribution >= 4 is 21.6 Å². The number of rotatable bonds is 3. The molecule has 0 aliphatic carbocycles. The highest BCUT2D eigenvalue weighted by atomic mass is 32.1. The maximum atomic E-state index is 4.39. The molecule has 3 rings (SSSR count). The molecule has 0 unspecified atom stereocenters. The Balaban J connectivity index is 1.89. The van der Waals surface area contributed by atoms with Gasteiger partial charge in [-0.1, -0.05) is 44.2 Å². The van der Waals surface area contributed by atoms with Crippen LogP contribution in [0.25, 0.3) is 10.2 Å². The van der Waals surface area contributed by atoms with Gasteiger partial charge in [-0.15, -0.1) is 11.3 Å². The third kappa shape index (κ3) is 2.69. The zero-order valence-corrected chi connectivity index (χ0v) is 12.1. The molecular weight excluding hydrogens is 250 g/mol. The van der Waals surface area contributed by atoms with E-state index < -0.39 is 0 Å². The second kappa shape index (κ2) is 5.14. The highest BCUT2D eigenvalue weighted by Gasteiger charge is 2.03. The lowest BCUT2D eigenvalue weighted by Gasteiger charge is -2.08. The summed E-state index contributed by atoms with van der Waals surface area (Å²) in [5.74, 6) is 0.584. The zero-order chi connectivity index (χ0) is 13.2. The lowest BCUT2D eigenvalue weighted by molar-refractivity contribution is 0.863. The summed E-state index contributed by atoms with van der Waals surface area (Å²) in [5.41, 5.74) is 7.14. The van der Waals surface area contributed by atoms with Crippen LogP contribution in [0.4, 0.5) is 0 Å². The minimum absolute atomic E-state index is 0.584. The molecule has 0 bridgehead atoms. The maximum Gasteiger partial charge on any atom is 0.0814 e. The largest absolute Gasteiger partial charge is 0.245 e. The highest BCUT2D eigenvalue weighted by molar-refractivity contribution is 7.16. The topological polar surface area (TPSA) is 12.9 Å². The zero-order valence-electron chi connectivity index (χ0n) is 11.3. The van der Waals surface area contributed by atoms with Gasteiger partial charge < -0.3 is 0 Å². The molecule has 0 atom stereocenters. The van der Waals surface area contributed by atoms with Gasteiger partial charge in [0.1, 0.15) is 0 Å². The molecule has 1 aromatic heterocycles. The van der Waals surface area contributed by atoms with E-state index in [1.807, 2.05) is 5.51 Å². The molecule has 19 heavy (non-hydrogen) atoms. The minimum atomic E-state index is 0.584. The van der Waals surface area contributed by atoms with Crippen LogP contribution in [0.5, 0.6) is 0 Å². The Kier molecular flexibility index (Phi) is 3.34. The average molecular weight is 267 g/mol. The molecule has 0 saturated carbocycles. The van der Waals surface area contributed by atoms with Gasteiger partial charge in [0.2, 0.25) is 0 Å². The summed E-state index contributed by atoms with van der Waals surface area (Å²) in [7, 11) is 0. The van der Waals surface area contributed by atoms with Crippen LogP contribution in [0.15, 0.2) is 48.0 Å². The van der Waals surface area contributed by atoms with Crippen molar-refractivity contribution in [1.29, 1.82) is 0 Å². The van der Waals surface area contributed by atoms with Gasteiger partial charge in [-0.25, -0.2) is 4.98 Å². The van der Waals surface area contributed by atoms with E-state index in [9.17, 15) is 0 Å². The number of hydrogen-bond acceptors (Lipinski definition) is 2. The van der Waals surface area contributed by atoms with Crippen LogP contribution in [0.3, 0.4) is 0 Å². The second-order valence-corrected chi connectivity index (χ2v) is 6.12. The van der Waals surface area contributed by atoms with Gasteiger partial charge in [0.25, 0.3) is 0 Å². The van der Waals surface area contributed by atoms with E-state index in [4.69, 9.17) is 0 Å². The number of aromatic nitrogens is 1. The number of thiazole rings is 1. The van der Waals surface area contributed by atoms with Gasteiger partial charge in [0.05, 0.1) is 15.7 Å². The summed E-state index contributed by atoms with van der Waals surface area (Å²) in [6.45, 7) is 4.47. The minimum Gasteiger partial charge on any atom is -0.245 e.